The number of nitrogens with one attached hydrogen (secondary N) is 1. The van der Waals surface area contributed by atoms with E-state index in [4.69, 9.17) is 4.74 Å². The van der Waals surface area contributed by atoms with E-state index in [1.54, 1.807) is 32.9 Å². The molecule has 1 N–H and O–H groups in total. The minimum Gasteiger partial charge on any atom is -0.460 e. The van der Waals surface area contributed by atoms with Crippen LogP contribution in [0.3, 0.4) is 0 Å². The number of carbonyl (C=O) groups excluding carboxylic acids is 1. The van der Waals surface area contributed by atoms with Crippen molar-refractivity contribution in [1.29, 1.82) is 0 Å². The summed E-state index contributed by atoms with van der Waals surface area (Å²) in [5.41, 5.74) is -0.211. The molecule has 0 saturated heterocycles. The molecule has 2 aromatic rings. The summed E-state index contributed by atoms with van der Waals surface area (Å²) in [5, 5.41) is 10.7. The van der Waals surface area contributed by atoms with Crippen LogP contribution in [-0.4, -0.2) is 25.4 Å². The average molecular weight is 406 g/mol. The lowest BCUT2D eigenvalue weighted by atomic mass is 9.87. The first kappa shape index (κ1) is 21.5. The Morgan fingerprint density at radius 1 is 1.11 bits per heavy atom. The van der Waals surface area contributed by atoms with E-state index >= 15 is 0 Å². The van der Waals surface area contributed by atoms with Gasteiger partial charge < -0.3 is 4.74 Å². The van der Waals surface area contributed by atoms with Gasteiger partial charge in [0.25, 0.3) is 5.69 Å². The second-order valence-corrected chi connectivity index (χ2v) is 8.98. The largest absolute Gasteiger partial charge is 0.460 e. The molecule has 0 aromatic heterocycles. The molecule has 1 atom stereocenters. The van der Waals surface area contributed by atoms with Crippen molar-refractivity contribution in [3.8, 4) is 0 Å². The Balaban J connectivity index is 2.18. The zero-order chi connectivity index (χ0) is 20.9. The lowest BCUT2D eigenvalue weighted by Crippen LogP contribution is -2.49. The topological polar surface area (TPSA) is 116 Å². The number of nitro groups is 1. The van der Waals surface area contributed by atoms with Gasteiger partial charge in [0.15, 0.2) is 0 Å². The van der Waals surface area contributed by atoms with Crippen molar-refractivity contribution >= 4 is 21.7 Å². The number of hydrogen-bond acceptors (Lipinski definition) is 6. The van der Waals surface area contributed by atoms with Crippen LogP contribution in [0.5, 0.6) is 0 Å². The summed E-state index contributed by atoms with van der Waals surface area (Å²) in [6.07, 6.45) is 0. The number of nitro benzene ring substituents is 1. The molecule has 8 nitrogen and oxygen atoms in total. The zero-order valence-electron chi connectivity index (χ0n) is 15.8. The van der Waals surface area contributed by atoms with Crippen LogP contribution in [0.4, 0.5) is 5.69 Å². The van der Waals surface area contributed by atoms with E-state index in [1.807, 2.05) is 18.2 Å². The Labute approximate surface area is 163 Å². The van der Waals surface area contributed by atoms with Crippen LogP contribution in [0.1, 0.15) is 26.3 Å². The predicted octanol–water partition coefficient (Wildman–Crippen LogP) is 3.03. The quantitative estimate of drug-likeness (QED) is 0.429. The number of rotatable bonds is 7. The highest BCUT2D eigenvalue weighted by molar-refractivity contribution is 7.89. The van der Waals surface area contributed by atoms with Crippen LogP contribution in [0.25, 0.3) is 0 Å². The van der Waals surface area contributed by atoms with Gasteiger partial charge >= 0.3 is 5.97 Å². The Morgan fingerprint density at radius 3 is 2.18 bits per heavy atom. The van der Waals surface area contributed by atoms with E-state index in [1.165, 1.54) is 0 Å². The van der Waals surface area contributed by atoms with Crippen molar-refractivity contribution < 1.29 is 22.9 Å². The Hall–Kier alpha value is -2.78. The third-order valence-corrected chi connectivity index (χ3v) is 5.40. The normalized spacial score (nSPS) is 13.0. The number of nitrogens with zero attached hydrogens (tertiary/aromatic N) is 1. The molecule has 0 aliphatic rings. The van der Waals surface area contributed by atoms with Crippen molar-refractivity contribution in [3.05, 3.63) is 70.3 Å². The summed E-state index contributed by atoms with van der Waals surface area (Å²) < 4.78 is 33.0. The highest BCUT2D eigenvalue weighted by Crippen LogP contribution is 2.24. The van der Waals surface area contributed by atoms with Crippen LogP contribution in [-0.2, 0) is 26.2 Å². The van der Waals surface area contributed by atoms with E-state index in [2.05, 4.69) is 4.72 Å². The molecule has 0 fully saturated rings. The third-order valence-electron chi connectivity index (χ3n) is 3.96. The lowest BCUT2D eigenvalue weighted by Gasteiger charge is -2.29. The molecule has 0 heterocycles. The molecule has 9 heteroatoms. The highest BCUT2D eigenvalue weighted by atomic mass is 32.2. The first-order valence-electron chi connectivity index (χ1n) is 8.48. The van der Waals surface area contributed by atoms with Crippen molar-refractivity contribution in [3.63, 3.8) is 0 Å². The summed E-state index contributed by atoms with van der Waals surface area (Å²) in [7, 11) is -4.09. The lowest BCUT2D eigenvalue weighted by molar-refractivity contribution is -0.384. The molecule has 0 saturated carbocycles. The van der Waals surface area contributed by atoms with Gasteiger partial charge in [0.1, 0.15) is 12.6 Å². The van der Waals surface area contributed by atoms with Gasteiger partial charge in [-0.05, 0) is 23.1 Å². The molecule has 2 rings (SSSR count). The first-order valence-corrected chi connectivity index (χ1v) is 9.96. The van der Waals surface area contributed by atoms with Gasteiger partial charge in [0, 0.05) is 12.1 Å². The fraction of sp³-hybridized carbons (Fsp3) is 0.316. The van der Waals surface area contributed by atoms with E-state index in [0.29, 0.717) is 0 Å². The number of esters is 1. The van der Waals surface area contributed by atoms with Crippen molar-refractivity contribution in [2.75, 3.05) is 0 Å². The fourth-order valence-electron chi connectivity index (χ4n) is 2.36. The number of ether oxygens (including phenoxy) is 1. The van der Waals surface area contributed by atoms with Crippen molar-refractivity contribution in [2.24, 2.45) is 5.41 Å². The second-order valence-electron chi connectivity index (χ2n) is 7.26. The molecule has 2 aromatic carbocycles. The van der Waals surface area contributed by atoms with Gasteiger partial charge in [-0.3, -0.25) is 14.9 Å². The molecular weight excluding hydrogens is 384 g/mol. The average Bonchev–Trinajstić information content (AvgIpc) is 2.64. The van der Waals surface area contributed by atoms with E-state index in [9.17, 15) is 23.3 Å². The van der Waals surface area contributed by atoms with Gasteiger partial charge in [0.05, 0.1) is 9.82 Å². The van der Waals surface area contributed by atoms with Gasteiger partial charge in [-0.2, -0.15) is 4.72 Å². The van der Waals surface area contributed by atoms with Crippen molar-refractivity contribution in [1.82, 2.24) is 4.72 Å². The molecule has 28 heavy (non-hydrogen) atoms. The van der Waals surface area contributed by atoms with Gasteiger partial charge in [-0.1, -0.05) is 51.1 Å². The van der Waals surface area contributed by atoms with Gasteiger partial charge in [0.2, 0.25) is 10.0 Å². The number of hydrogen-bond donors (Lipinski definition) is 1. The third kappa shape index (κ3) is 5.61. The standard InChI is InChI=1S/C19H22N2O6S/c1-19(2,3)17(18(22)27-13-14-7-5-4-6-8-14)20-28(25,26)16-11-9-15(10-12-16)21(23)24/h4-12,17,20H,13H2,1-3H3/t17-/m1/s1. The minimum absolute atomic E-state index is 0.0194. The summed E-state index contributed by atoms with van der Waals surface area (Å²) in [6.45, 7) is 5.14. The molecular formula is C19H22N2O6S. The van der Waals surface area contributed by atoms with Crippen molar-refractivity contribution in [2.45, 2.75) is 38.3 Å². The Kier molecular flexibility index (Phi) is 6.52. The summed E-state index contributed by atoms with van der Waals surface area (Å²) in [5.74, 6) is -0.707. The van der Waals surface area contributed by atoms with E-state index in [0.717, 1.165) is 29.8 Å². The Bertz CT molecular complexity index is 935. The van der Waals surface area contributed by atoms with Crippen LogP contribution < -0.4 is 4.72 Å². The monoisotopic (exact) mass is 406 g/mol. The zero-order valence-corrected chi connectivity index (χ0v) is 16.6. The van der Waals surface area contributed by atoms with Crippen LogP contribution in [0.2, 0.25) is 0 Å². The molecule has 0 aliphatic carbocycles. The smallest absolute Gasteiger partial charge is 0.325 e. The molecule has 0 spiro atoms. The predicted molar refractivity (Wildman–Crippen MR) is 103 cm³/mol. The first-order chi connectivity index (χ1) is 13.0. The molecule has 0 amide bonds. The van der Waals surface area contributed by atoms with Crippen LogP contribution in [0, 0.1) is 15.5 Å². The van der Waals surface area contributed by atoms with E-state index < -0.39 is 32.4 Å². The number of sulfonamides is 1. The van der Waals surface area contributed by atoms with Gasteiger partial charge in [-0.25, -0.2) is 8.42 Å². The van der Waals surface area contributed by atoms with Crippen LogP contribution >= 0.6 is 0 Å². The maximum atomic E-state index is 12.7. The molecule has 0 radical (unpaired) electrons. The number of carbonyl (C=O) groups is 1. The molecule has 0 bridgehead atoms. The molecule has 0 unspecified atom stereocenters. The summed E-state index contributed by atoms with van der Waals surface area (Å²) in [6, 6.07) is 12.3. The molecule has 150 valence electrons. The van der Waals surface area contributed by atoms with Gasteiger partial charge in [-0.15, -0.1) is 0 Å². The van der Waals surface area contributed by atoms with E-state index in [-0.39, 0.29) is 17.2 Å². The number of benzene rings is 2. The maximum absolute atomic E-state index is 12.7. The molecule has 0 aliphatic heterocycles. The van der Waals surface area contributed by atoms with Crippen LogP contribution in [0.15, 0.2) is 59.5 Å². The fourth-order valence-corrected chi connectivity index (χ4v) is 3.75. The summed E-state index contributed by atoms with van der Waals surface area (Å²) in [4.78, 5) is 22.5. The Morgan fingerprint density at radius 2 is 1.68 bits per heavy atom. The summed E-state index contributed by atoms with van der Waals surface area (Å²) >= 11 is 0. The SMILES string of the molecule is CC(C)(C)[C@H](NS(=O)(=O)c1ccc([N+](=O)[O-])cc1)C(=O)OCc1ccccc1. The minimum atomic E-state index is -4.09. The highest BCUT2D eigenvalue weighted by Gasteiger charge is 2.36. The maximum Gasteiger partial charge on any atom is 0.325 e. The number of non-ortho nitro benzene ring substituents is 1. The second kappa shape index (κ2) is 8.49.